The average Bonchev–Trinajstić information content (AvgIpc) is 2.38. The molecular weight excluding hydrogens is 285 g/mol. The zero-order valence-electron chi connectivity index (χ0n) is 10.1. The average molecular weight is 296 g/mol. The maximum Gasteiger partial charge on any atom is 0.146 e. The molecule has 1 N–H and O–H groups in total. The molecule has 0 unspecified atom stereocenters. The minimum Gasteiger partial charge on any atom is -0.494 e. The van der Waals surface area contributed by atoms with E-state index in [1.807, 2.05) is 18.2 Å². The molecule has 0 saturated heterocycles. The molecule has 0 atom stereocenters. The van der Waals surface area contributed by atoms with Crippen LogP contribution in [0.25, 0.3) is 0 Å². The summed E-state index contributed by atoms with van der Waals surface area (Å²) in [5.41, 5.74) is 4.05. The van der Waals surface area contributed by atoms with Crippen LogP contribution in [0.3, 0.4) is 0 Å². The van der Waals surface area contributed by atoms with E-state index in [0.29, 0.717) is 27.2 Å². The van der Waals surface area contributed by atoms with Crippen LogP contribution < -0.4 is 10.2 Å². The van der Waals surface area contributed by atoms with Gasteiger partial charge in [0, 0.05) is 10.0 Å². The molecule has 0 aliphatic heterocycles. The van der Waals surface area contributed by atoms with Crippen molar-refractivity contribution in [3.63, 3.8) is 0 Å². The molecule has 2 rings (SSSR count). The van der Waals surface area contributed by atoms with Gasteiger partial charge >= 0.3 is 0 Å². The summed E-state index contributed by atoms with van der Waals surface area (Å²) >= 11 is 11.8. The Balaban J connectivity index is 2.11. The number of benzene rings is 2. The molecule has 0 radical (unpaired) electrons. The van der Waals surface area contributed by atoms with Gasteiger partial charge in [-0.3, -0.25) is 5.43 Å². The van der Waals surface area contributed by atoms with Crippen LogP contribution in [0.15, 0.2) is 52.8 Å². The van der Waals surface area contributed by atoms with Crippen LogP contribution >= 0.6 is 23.2 Å². The number of anilines is 1. The van der Waals surface area contributed by atoms with Gasteiger partial charge in [0.15, 0.2) is 0 Å². The van der Waals surface area contributed by atoms with Gasteiger partial charge in [-0.25, -0.2) is 0 Å². The Morgan fingerprint density at radius 3 is 2.42 bits per heavy atom. The van der Waals surface area contributed by atoms with E-state index in [-0.39, 0.29) is 0 Å². The third-order valence-corrected chi connectivity index (χ3v) is 2.72. The normalized spacial score (nSPS) is 10.7. The lowest BCUT2D eigenvalue weighted by atomic mass is 10.3. The molecule has 2 aromatic carbocycles. The molecule has 0 bridgehead atoms. The van der Waals surface area contributed by atoms with E-state index >= 15 is 0 Å². The van der Waals surface area contributed by atoms with Crippen LogP contribution in [0.5, 0.6) is 5.75 Å². The van der Waals surface area contributed by atoms with E-state index in [1.54, 1.807) is 31.4 Å². The number of nitrogens with one attached hydrogen (secondary N) is 1. The topological polar surface area (TPSA) is 46.0 Å². The molecule has 0 heterocycles. The van der Waals surface area contributed by atoms with Crippen LogP contribution in [-0.2, 0) is 0 Å². The Morgan fingerprint density at radius 1 is 1.05 bits per heavy atom. The van der Waals surface area contributed by atoms with Crippen molar-refractivity contribution in [2.24, 2.45) is 10.3 Å². The number of rotatable bonds is 4. The van der Waals surface area contributed by atoms with Gasteiger partial charge in [-0.15, -0.1) is 5.11 Å². The Hall–Kier alpha value is -1.78. The molecule has 19 heavy (non-hydrogen) atoms. The number of hydrogen-bond donors (Lipinski definition) is 1. The number of ether oxygens (including phenoxy) is 1. The molecule has 0 saturated carbocycles. The van der Waals surface area contributed by atoms with Crippen molar-refractivity contribution >= 4 is 34.6 Å². The van der Waals surface area contributed by atoms with Gasteiger partial charge in [-0.2, -0.15) is 0 Å². The Kier molecular flexibility index (Phi) is 4.60. The van der Waals surface area contributed by atoms with Crippen LogP contribution in [0.2, 0.25) is 10.0 Å². The number of halogens is 2. The predicted octanol–water partition coefficient (Wildman–Crippen LogP) is 5.11. The van der Waals surface area contributed by atoms with E-state index in [9.17, 15) is 0 Å². The summed E-state index contributed by atoms with van der Waals surface area (Å²) in [7, 11) is 1.58. The van der Waals surface area contributed by atoms with Crippen molar-refractivity contribution < 1.29 is 4.74 Å². The summed E-state index contributed by atoms with van der Waals surface area (Å²) < 4.78 is 5.16. The molecule has 4 nitrogen and oxygen atoms in total. The van der Waals surface area contributed by atoms with Gasteiger partial charge < -0.3 is 4.74 Å². The van der Waals surface area contributed by atoms with E-state index in [0.717, 1.165) is 0 Å². The summed E-state index contributed by atoms with van der Waals surface area (Å²) in [6.07, 6.45) is 0. The van der Waals surface area contributed by atoms with Crippen LogP contribution in [0.4, 0.5) is 11.4 Å². The van der Waals surface area contributed by atoms with Gasteiger partial charge in [0.1, 0.15) is 11.4 Å². The maximum atomic E-state index is 5.88. The molecule has 98 valence electrons. The van der Waals surface area contributed by atoms with Crippen LogP contribution in [-0.4, -0.2) is 7.11 Å². The zero-order chi connectivity index (χ0) is 13.7. The lowest BCUT2D eigenvalue weighted by Gasteiger charge is -2.03. The van der Waals surface area contributed by atoms with E-state index in [2.05, 4.69) is 15.8 Å². The number of para-hydroxylation sites is 1. The van der Waals surface area contributed by atoms with Crippen molar-refractivity contribution in [2.45, 2.75) is 0 Å². The largest absolute Gasteiger partial charge is 0.494 e. The third-order valence-electron chi connectivity index (χ3n) is 2.28. The molecule has 0 aromatic heterocycles. The van der Waals surface area contributed by atoms with Gasteiger partial charge in [0.05, 0.1) is 12.8 Å². The second kappa shape index (κ2) is 6.41. The number of nitrogens with zero attached hydrogens (tertiary/aromatic N) is 2. The highest BCUT2D eigenvalue weighted by Crippen LogP contribution is 2.27. The summed E-state index contributed by atoms with van der Waals surface area (Å²) in [4.78, 5) is 0. The van der Waals surface area contributed by atoms with E-state index in [1.165, 1.54) is 0 Å². The second-order valence-corrected chi connectivity index (χ2v) is 4.51. The van der Waals surface area contributed by atoms with Gasteiger partial charge in [-0.1, -0.05) is 40.6 Å². The smallest absolute Gasteiger partial charge is 0.146 e. The predicted molar refractivity (Wildman–Crippen MR) is 77.6 cm³/mol. The van der Waals surface area contributed by atoms with E-state index in [4.69, 9.17) is 27.9 Å². The fourth-order valence-corrected chi connectivity index (χ4v) is 1.99. The molecule has 0 aliphatic rings. The Bertz CT molecular complexity index is 582. The Labute approximate surface area is 121 Å². The van der Waals surface area contributed by atoms with E-state index < -0.39 is 0 Å². The fraction of sp³-hybridized carbons (Fsp3) is 0.0769. The first kappa shape index (κ1) is 13.6. The van der Waals surface area contributed by atoms with Crippen LogP contribution in [0.1, 0.15) is 0 Å². The summed E-state index contributed by atoms with van der Waals surface area (Å²) in [5.74, 6) is 0.650. The molecular formula is C13H11Cl2N3O. The first-order valence-electron chi connectivity index (χ1n) is 5.45. The highest BCUT2D eigenvalue weighted by atomic mass is 35.5. The second-order valence-electron chi connectivity index (χ2n) is 3.64. The van der Waals surface area contributed by atoms with Gasteiger partial charge in [0.2, 0.25) is 0 Å². The molecule has 0 spiro atoms. The maximum absolute atomic E-state index is 5.88. The SMILES string of the molecule is COc1ccccc1N=NNc1cc(Cl)cc(Cl)c1. The standard InChI is InChI=1S/C13H11Cl2N3O/c1-19-13-5-3-2-4-12(13)17-18-16-11-7-9(14)6-10(15)8-11/h2-8H,1H3,(H,16,17). The highest BCUT2D eigenvalue weighted by molar-refractivity contribution is 6.35. The summed E-state index contributed by atoms with van der Waals surface area (Å²) in [6, 6.07) is 12.4. The first-order chi connectivity index (χ1) is 9.19. The number of hydrogen-bond acceptors (Lipinski definition) is 3. The molecule has 0 amide bonds. The zero-order valence-corrected chi connectivity index (χ0v) is 11.6. The van der Waals surface area contributed by atoms with Crippen LogP contribution in [0, 0.1) is 0 Å². The Morgan fingerprint density at radius 2 is 1.74 bits per heavy atom. The van der Waals surface area contributed by atoms with Crippen molar-refractivity contribution in [1.82, 2.24) is 0 Å². The molecule has 6 heteroatoms. The summed E-state index contributed by atoms with van der Waals surface area (Å²) in [6.45, 7) is 0. The lowest BCUT2D eigenvalue weighted by molar-refractivity contribution is 0.416. The quantitative estimate of drug-likeness (QED) is 0.629. The minimum absolute atomic E-state index is 0.530. The van der Waals surface area contributed by atoms with Crippen molar-refractivity contribution in [3.05, 3.63) is 52.5 Å². The molecule has 2 aromatic rings. The molecule has 0 fully saturated rings. The first-order valence-corrected chi connectivity index (χ1v) is 6.20. The fourth-order valence-electron chi connectivity index (χ4n) is 1.47. The summed E-state index contributed by atoms with van der Waals surface area (Å²) in [5, 5.41) is 8.97. The van der Waals surface area contributed by atoms with Crippen molar-refractivity contribution in [3.8, 4) is 5.75 Å². The monoisotopic (exact) mass is 295 g/mol. The van der Waals surface area contributed by atoms with Crippen molar-refractivity contribution in [1.29, 1.82) is 0 Å². The van der Waals surface area contributed by atoms with Gasteiger partial charge in [0.25, 0.3) is 0 Å². The lowest BCUT2D eigenvalue weighted by Crippen LogP contribution is -1.87. The molecule has 0 aliphatic carbocycles. The van der Waals surface area contributed by atoms with Crippen molar-refractivity contribution in [2.75, 3.05) is 12.5 Å². The third kappa shape index (κ3) is 3.84. The van der Waals surface area contributed by atoms with Gasteiger partial charge in [-0.05, 0) is 30.3 Å². The minimum atomic E-state index is 0.530. The highest BCUT2D eigenvalue weighted by Gasteiger charge is 1.99. The number of methoxy groups -OCH3 is 1.